The van der Waals surface area contributed by atoms with Gasteiger partial charge in [0.2, 0.25) is 11.7 Å². The summed E-state index contributed by atoms with van der Waals surface area (Å²) in [5.41, 5.74) is -3.08. The molecule has 0 aromatic rings. The number of imide groups is 1. The molecule has 0 aliphatic carbocycles. The Balaban J connectivity index is 2.56. The number of carbonyl (C=O) groups is 4. The van der Waals surface area contributed by atoms with E-state index in [1.807, 2.05) is 33.9 Å². The molecule has 0 N–H and O–H groups in total. The molecule has 0 aromatic heterocycles. The van der Waals surface area contributed by atoms with Gasteiger partial charge in [0.15, 0.2) is 26.4 Å². The molecule has 0 radical (unpaired) electrons. The molecule has 4 atom stereocenters. The van der Waals surface area contributed by atoms with Gasteiger partial charge in [0.1, 0.15) is 5.60 Å². The Morgan fingerprint density at radius 1 is 1.36 bits per heavy atom. The number of hydrogen-bond donors (Lipinski definition) is 0. The summed E-state index contributed by atoms with van der Waals surface area (Å²) in [5, 5.41) is -0.152. The molecular formula is C19H31NO7Si. The van der Waals surface area contributed by atoms with E-state index in [-0.39, 0.29) is 18.1 Å². The highest BCUT2D eigenvalue weighted by molar-refractivity contribution is 6.74. The number of fused-ring (bicyclic) bond motifs is 1. The number of hydrogen-bond acceptors (Lipinski definition) is 7. The number of likely N-dealkylation sites (tertiary alicyclic amines) is 1. The summed E-state index contributed by atoms with van der Waals surface area (Å²) < 4.78 is 17.5. The number of methoxy groups -OCH3 is 1. The van der Waals surface area contributed by atoms with Crippen LogP contribution < -0.4 is 0 Å². The van der Waals surface area contributed by atoms with E-state index in [1.165, 1.54) is 7.11 Å². The van der Waals surface area contributed by atoms with Crippen molar-refractivity contribution in [1.82, 2.24) is 4.90 Å². The lowest BCUT2D eigenvalue weighted by Gasteiger charge is -2.45. The molecular weight excluding hydrogens is 382 g/mol. The zero-order chi connectivity index (χ0) is 21.7. The van der Waals surface area contributed by atoms with Crippen molar-refractivity contribution in [3.63, 3.8) is 0 Å². The van der Waals surface area contributed by atoms with Crippen molar-refractivity contribution in [1.29, 1.82) is 0 Å². The Morgan fingerprint density at radius 2 is 1.93 bits per heavy atom. The zero-order valence-electron chi connectivity index (χ0n) is 18.0. The van der Waals surface area contributed by atoms with Gasteiger partial charge in [-0.15, -0.1) is 0 Å². The number of ether oxygens (including phenoxy) is 2. The molecule has 2 amide bonds. The van der Waals surface area contributed by atoms with Gasteiger partial charge < -0.3 is 18.7 Å². The average molecular weight is 414 g/mol. The molecule has 8 nitrogen and oxygen atoms in total. The van der Waals surface area contributed by atoms with E-state index in [1.54, 1.807) is 6.92 Å². The minimum Gasteiger partial charge on any atom is -0.414 e. The van der Waals surface area contributed by atoms with E-state index in [4.69, 9.17) is 13.9 Å². The van der Waals surface area contributed by atoms with Crippen molar-refractivity contribution in [3.05, 3.63) is 0 Å². The van der Waals surface area contributed by atoms with E-state index < -0.39 is 49.3 Å². The van der Waals surface area contributed by atoms with Crippen molar-refractivity contribution in [3.8, 4) is 0 Å². The Kier molecular flexibility index (Phi) is 5.81. The first-order valence-corrected chi connectivity index (χ1v) is 12.3. The van der Waals surface area contributed by atoms with Gasteiger partial charge in [0.05, 0.1) is 12.5 Å². The molecule has 1 unspecified atom stereocenters. The van der Waals surface area contributed by atoms with E-state index in [0.717, 1.165) is 11.8 Å². The highest BCUT2D eigenvalue weighted by atomic mass is 28.4. The average Bonchev–Trinajstić information content (AvgIpc) is 3.01. The second-order valence-corrected chi connectivity index (χ2v) is 14.1. The lowest BCUT2D eigenvalue weighted by molar-refractivity contribution is -0.192. The molecule has 0 bridgehead atoms. The summed E-state index contributed by atoms with van der Waals surface area (Å²) >= 11 is 0. The number of nitrogens with zero attached hydrogens (tertiary/aromatic N) is 1. The predicted molar refractivity (Wildman–Crippen MR) is 103 cm³/mol. The van der Waals surface area contributed by atoms with Crippen molar-refractivity contribution >= 4 is 32.2 Å². The summed E-state index contributed by atoms with van der Waals surface area (Å²) in [6, 6.07) is 0. The van der Waals surface area contributed by atoms with Crippen molar-refractivity contribution in [2.45, 2.75) is 76.6 Å². The van der Waals surface area contributed by atoms with Crippen LogP contribution in [0.3, 0.4) is 0 Å². The minimum atomic E-state index is -2.33. The SMILES string of the molecule is COC1C[C@H]2C(=O)N(C(=O)C(C)=O)[C@](C=O)(CO[Si](C)(C)C(C)(C)C)[C@@]2(C)O1. The van der Waals surface area contributed by atoms with Crippen LogP contribution in [-0.2, 0) is 33.1 Å². The third kappa shape index (κ3) is 3.18. The van der Waals surface area contributed by atoms with Gasteiger partial charge in [0, 0.05) is 20.5 Å². The van der Waals surface area contributed by atoms with Crippen LogP contribution in [0, 0.1) is 5.92 Å². The van der Waals surface area contributed by atoms with Gasteiger partial charge in [-0.05, 0) is 25.1 Å². The van der Waals surface area contributed by atoms with E-state index in [0.29, 0.717) is 6.29 Å². The van der Waals surface area contributed by atoms with Crippen LogP contribution in [0.1, 0.15) is 41.0 Å². The van der Waals surface area contributed by atoms with E-state index in [2.05, 4.69) is 0 Å². The maximum Gasteiger partial charge on any atom is 0.297 e. The topological polar surface area (TPSA) is 99.2 Å². The first-order valence-electron chi connectivity index (χ1n) is 9.38. The Hall–Kier alpha value is -1.42. The summed E-state index contributed by atoms with van der Waals surface area (Å²) in [6.07, 6.45) is 0.0425. The van der Waals surface area contributed by atoms with Gasteiger partial charge in [-0.2, -0.15) is 0 Å². The maximum atomic E-state index is 13.1. The second-order valence-electron chi connectivity index (χ2n) is 9.30. The van der Waals surface area contributed by atoms with Crippen LogP contribution in [0.15, 0.2) is 0 Å². The maximum absolute atomic E-state index is 13.1. The van der Waals surface area contributed by atoms with Crippen molar-refractivity contribution < 1.29 is 33.1 Å². The van der Waals surface area contributed by atoms with Gasteiger partial charge >= 0.3 is 0 Å². The Morgan fingerprint density at radius 3 is 2.36 bits per heavy atom. The number of rotatable bonds is 6. The predicted octanol–water partition coefficient (Wildman–Crippen LogP) is 1.67. The van der Waals surface area contributed by atoms with Crippen LogP contribution >= 0.6 is 0 Å². The third-order valence-corrected chi connectivity index (χ3v) is 11.1. The van der Waals surface area contributed by atoms with Gasteiger partial charge in [-0.1, -0.05) is 20.8 Å². The molecule has 0 spiro atoms. The molecule has 0 aromatic carbocycles. The highest BCUT2D eigenvalue weighted by Gasteiger charge is 2.73. The van der Waals surface area contributed by atoms with E-state index >= 15 is 0 Å². The highest BCUT2D eigenvalue weighted by Crippen LogP contribution is 2.53. The molecule has 9 heteroatoms. The summed E-state index contributed by atoms with van der Waals surface area (Å²) in [6.45, 7) is 12.6. The van der Waals surface area contributed by atoms with Gasteiger partial charge in [-0.3, -0.25) is 19.3 Å². The standard InChI is InChI=1S/C19H31NO7Si/c1-12(22)15(23)20-16(24)13-9-14(25-6)27-18(13,5)19(20,10-21)11-26-28(7,8)17(2,3)4/h10,13-14H,9,11H2,1-8H3/t13-,14?,18-,19+/m0/s1. The van der Waals surface area contributed by atoms with Crippen LogP contribution in [0.25, 0.3) is 0 Å². The molecule has 2 rings (SSSR count). The zero-order valence-corrected chi connectivity index (χ0v) is 19.0. The van der Waals surface area contributed by atoms with Gasteiger partial charge in [0.25, 0.3) is 5.91 Å². The first-order chi connectivity index (χ1) is 12.7. The lowest BCUT2D eigenvalue weighted by atomic mass is 9.78. The van der Waals surface area contributed by atoms with Crippen molar-refractivity contribution in [2.24, 2.45) is 5.92 Å². The number of aldehydes is 1. The first kappa shape index (κ1) is 22.9. The Bertz CT molecular complexity index is 701. The summed E-state index contributed by atoms with van der Waals surface area (Å²) in [7, 11) is -0.880. The summed E-state index contributed by atoms with van der Waals surface area (Å²) in [5.74, 6) is -3.23. The van der Waals surface area contributed by atoms with Crippen LogP contribution in [0.2, 0.25) is 18.1 Å². The normalized spacial score (nSPS) is 33.1. The molecule has 28 heavy (non-hydrogen) atoms. The molecule has 158 valence electrons. The fourth-order valence-corrected chi connectivity index (χ4v) is 4.65. The minimum absolute atomic E-state index is 0.152. The van der Waals surface area contributed by atoms with Crippen molar-refractivity contribution in [2.75, 3.05) is 13.7 Å². The quantitative estimate of drug-likeness (QED) is 0.371. The van der Waals surface area contributed by atoms with E-state index in [9.17, 15) is 19.2 Å². The molecule has 2 fully saturated rings. The van der Waals surface area contributed by atoms with Crippen LogP contribution in [0.4, 0.5) is 0 Å². The fraction of sp³-hybridized carbons (Fsp3) is 0.789. The van der Waals surface area contributed by atoms with Crippen LogP contribution in [0.5, 0.6) is 0 Å². The third-order valence-electron chi connectivity index (χ3n) is 6.67. The monoisotopic (exact) mass is 413 g/mol. The van der Waals surface area contributed by atoms with Gasteiger partial charge in [-0.25, -0.2) is 0 Å². The summed E-state index contributed by atoms with van der Waals surface area (Å²) in [4.78, 5) is 50.8. The second kappa shape index (κ2) is 7.12. The largest absolute Gasteiger partial charge is 0.414 e. The number of amides is 2. The molecule has 2 heterocycles. The molecule has 2 saturated heterocycles. The molecule has 2 aliphatic heterocycles. The Labute approximate surface area is 167 Å². The number of Topliss-reactive ketones (excluding diaryl/α,β-unsaturated/α-hetero) is 1. The number of carbonyl (C=O) groups excluding carboxylic acids is 4. The molecule has 0 saturated carbocycles. The smallest absolute Gasteiger partial charge is 0.297 e. The lowest BCUT2D eigenvalue weighted by Crippen LogP contribution is -2.66. The number of ketones is 1. The fourth-order valence-electron chi connectivity index (χ4n) is 3.64. The van der Waals surface area contributed by atoms with Crippen LogP contribution in [-0.4, -0.2) is 68.2 Å². The molecule has 2 aliphatic rings.